The molecule has 1 fully saturated rings. The van der Waals surface area contributed by atoms with E-state index in [-0.39, 0.29) is 1.43 Å². The number of primary amides is 1. The van der Waals surface area contributed by atoms with Gasteiger partial charge in [-0.15, -0.1) is 0 Å². The molecule has 1 aliphatic carbocycles. The summed E-state index contributed by atoms with van der Waals surface area (Å²) in [5.74, 6) is -0.812. The maximum atomic E-state index is 12.1. The van der Waals surface area contributed by atoms with E-state index < -0.39 is 11.6 Å². The van der Waals surface area contributed by atoms with E-state index in [0.29, 0.717) is 12.8 Å². The van der Waals surface area contributed by atoms with Crippen LogP contribution in [0.1, 0.15) is 28.1 Å². The molecule has 0 aromatic heterocycles. The Balaban J connectivity index is 0. The number of nitrogens with two attached hydrogens (primary N) is 1. The Kier molecular flexibility index (Phi) is 2.62. The van der Waals surface area contributed by atoms with E-state index in [0.717, 1.165) is 0 Å². The lowest BCUT2D eigenvalue weighted by molar-refractivity contribution is -0.124. The summed E-state index contributed by atoms with van der Waals surface area (Å²) >= 11 is 0. The summed E-state index contributed by atoms with van der Waals surface area (Å²) in [5.41, 5.74) is 3.01. The zero-order valence-corrected chi connectivity index (χ0v) is 5.78. The van der Waals surface area contributed by atoms with Gasteiger partial charge in [0.2, 0.25) is 0 Å². The molecule has 9 heavy (non-hydrogen) atoms. The number of carbonyl (C=O) groups is 1. The fourth-order valence-electron chi connectivity index (χ4n) is 0.356. The SMILES string of the molecule is CC.NC(=O)C1(F)CC1.[HH]. The molecule has 1 amide bonds. The van der Waals surface area contributed by atoms with Gasteiger partial charge in [-0.1, -0.05) is 13.8 Å². The Hall–Kier alpha value is -0.600. The lowest BCUT2D eigenvalue weighted by Gasteiger charge is -1.91. The Bertz CT molecular complexity index is 114. The molecule has 2 N–H and O–H groups in total. The van der Waals surface area contributed by atoms with Gasteiger partial charge in [-0.2, -0.15) is 0 Å². The van der Waals surface area contributed by atoms with Crippen molar-refractivity contribution in [3.63, 3.8) is 0 Å². The molecule has 0 aliphatic heterocycles. The number of hydrogen-bond acceptors (Lipinski definition) is 1. The highest BCUT2D eigenvalue weighted by atomic mass is 19.1. The lowest BCUT2D eigenvalue weighted by Crippen LogP contribution is -2.25. The van der Waals surface area contributed by atoms with Crippen LogP contribution >= 0.6 is 0 Å². The van der Waals surface area contributed by atoms with Crippen molar-refractivity contribution in [3.8, 4) is 0 Å². The molecule has 2 nitrogen and oxygen atoms in total. The largest absolute Gasteiger partial charge is 0.367 e. The molecule has 0 bridgehead atoms. The van der Waals surface area contributed by atoms with Crippen LogP contribution in [0.5, 0.6) is 0 Å². The molecule has 0 aromatic rings. The third-order valence-electron chi connectivity index (χ3n) is 1.13. The molecule has 0 atom stereocenters. The van der Waals surface area contributed by atoms with Crippen molar-refractivity contribution < 1.29 is 10.6 Å². The van der Waals surface area contributed by atoms with E-state index in [1.807, 2.05) is 13.8 Å². The zero-order valence-electron chi connectivity index (χ0n) is 5.78. The minimum atomic E-state index is -1.61. The van der Waals surface area contributed by atoms with Gasteiger partial charge in [0.15, 0.2) is 5.67 Å². The topological polar surface area (TPSA) is 43.1 Å². The van der Waals surface area contributed by atoms with Crippen LogP contribution in [-0.2, 0) is 4.79 Å². The van der Waals surface area contributed by atoms with Gasteiger partial charge in [0.1, 0.15) is 0 Å². The molecule has 0 heterocycles. The number of hydrogen-bond donors (Lipinski definition) is 1. The molecule has 0 unspecified atom stereocenters. The Morgan fingerprint density at radius 2 is 2.00 bits per heavy atom. The van der Waals surface area contributed by atoms with Gasteiger partial charge in [0.05, 0.1) is 0 Å². The van der Waals surface area contributed by atoms with E-state index in [1.54, 1.807) is 0 Å². The van der Waals surface area contributed by atoms with Crippen molar-refractivity contribution in [2.75, 3.05) is 0 Å². The summed E-state index contributed by atoms with van der Waals surface area (Å²) in [6.45, 7) is 4.00. The van der Waals surface area contributed by atoms with Crippen molar-refractivity contribution >= 4 is 5.91 Å². The quantitative estimate of drug-likeness (QED) is 0.577. The van der Waals surface area contributed by atoms with Gasteiger partial charge in [-0.3, -0.25) is 4.79 Å². The second-order valence-electron chi connectivity index (χ2n) is 1.83. The van der Waals surface area contributed by atoms with Gasteiger partial charge in [-0.05, 0) is 12.8 Å². The zero-order chi connectivity index (χ0) is 7.49. The molecule has 0 radical (unpaired) electrons. The predicted octanol–water partition coefficient (Wildman–Crippen LogP) is 1.25. The van der Waals surface area contributed by atoms with Crippen molar-refractivity contribution in [2.45, 2.75) is 32.4 Å². The van der Waals surface area contributed by atoms with Crippen LogP contribution in [0.3, 0.4) is 0 Å². The number of amides is 1. The van der Waals surface area contributed by atoms with Crippen LogP contribution < -0.4 is 5.73 Å². The summed E-state index contributed by atoms with van der Waals surface area (Å²) in [4.78, 5) is 9.93. The van der Waals surface area contributed by atoms with Crippen LogP contribution in [0.15, 0.2) is 0 Å². The standard InChI is InChI=1S/C4H6FNO.C2H6.H2/c5-4(1-2-4)3(6)7;1-2;/h1-2H2,(H2,6,7);1-2H3;1H. The van der Waals surface area contributed by atoms with E-state index in [2.05, 4.69) is 5.73 Å². The van der Waals surface area contributed by atoms with E-state index in [9.17, 15) is 9.18 Å². The van der Waals surface area contributed by atoms with Crippen LogP contribution in [0.2, 0.25) is 0 Å². The number of halogens is 1. The number of rotatable bonds is 1. The molecule has 0 saturated heterocycles. The predicted molar refractivity (Wildman–Crippen MR) is 35.7 cm³/mol. The third kappa shape index (κ3) is 2.00. The smallest absolute Gasteiger partial charge is 0.255 e. The lowest BCUT2D eigenvalue weighted by atomic mass is 10.4. The highest BCUT2D eigenvalue weighted by molar-refractivity contribution is 5.86. The molecule has 1 saturated carbocycles. The van der Waals surface area contributed by atoms with Gasteiger partial charge in [0, 0.05) is 1.43 Å². The number of alkyl halides is 1. The molecular weight excluding hydrogens is 121 g/mol. The monoisotopic (exact) mass is 135 g/mol. The van der Waals surface area contributed by atoms with Crippen LogP contribution in [0.25, 0.3) is 0 Å². The third-order valence-corrected chi connectivity index (χ3v) is 1.13. The van der Waals surface area contributed by atoms with Crippen LogP contribution in [0.4, 0.5) is 4.39 Å². The average molecular weight is 135 g/mol. The molecular formula is C6H14FNO. The maximum Gasteiger partial charge on any atom is 0.255 e. The Morgan fingerprint density at radius 1 is 1.67 bits per heavy atom. The van der Waals surface area contributed by atoms with E-state index >= 15 is 0 Å². The van der Waals surface area contributed by atoms with Gasteiger partial charge < -0.3 is 5.73 Å². The van der Waals surface area contributed by atoms with Gasteiger partial charge in [-0.25, -0.2) is 4.39 Å². The van der Waals surface area contributed by atoms with Crippen molar-refractivity contribution in [3.05, 3.63) is 0 Å². The minimum Gasteiger partial charge on any atom is -0.367 e. The molecule has 3 heteroatoms. The summed E-state index contributed by atoms with van der Waals surface area (Å²) < 4.78 is 12.1. The first kappa shape index (κ1) is 8.40. The Morgan fingerprint density at radius 3 is 2.00 bits per heavy atom. The first-order valence-corrected chi connectivity index (χ1v) is 3.14. The second kappa shape index (κ2) is 2.80. The first-order chi connectivity index (χ1) is 4.15. The summed E-state index contributed by atoms with van der Waals surface area (Å²) in [5, 5.41) is 0. The first-order valence-electron chi connectivity index (χ1n) is 3.14. The van der Waals surface area contributed by atoms with Gasteiger partial charge >= 0.3 is 0 Å². The van der Waals surface area contributed by atoms with Crippen molar-refractivity contribution in [1.82, 2.24) is 0 Å². The van der Waals surface area contributed by atoms with E-state index in [4.69, 9.17) is 0 Å². The fraction of sp³-hybridized carbons (Fsp3) is 0.833. The summed E-state index contributed by atoms with van der Waals surface area (Å²) in [6.07, 6.45) is 0.644. The summed E-state index contributed by atoms with van der Waals surface area (Å²) in [7, 11) is 0. The van der Waals surface area contributed by atoms with Crippen LogP contribution in [0, 0.1) is 0 Å². The minimum absolute atomic E-state index is 0. The van der Waals surface area contributed by atoms with E-state index in [1.165, 1.54) is 0 Å². The van der Waals surface area contributed by atoms with Crippen molar-refractivity contribution in [2.24, 2.45) is 5.73 Å². The molecule has 56 valence electrons. The normalized spacial score (nSPS) is 19.4. The average Bonchev–Trinajstić information content (AvgIpc) is 2.55. The molecule has 1 rings (SSSR count). The molecule has 0 spiro atoms. The van der Waals surface area contributed by atoms with Crippen LogP contribution in [-0.4, -0.2) is 11.6 Å². The van der Waals surface area contributed by atoms with Crippen molar-refractivity contribution in [1.29, 1.82) is 0 Å². The molecule has 0 aromatic carbocycles. The maximum absolute atomic E-state index is 12.1. The highest BCUT2D eigenvalue weighted by Crippen LogP contribution is 2.38. The summed E-state index contributed by atoms with van der Waals surface area (Å²) in [6, 6.07) is 0. The fourth-order valence-corrected chi connectivity index (χ4v) is 0.356. The van der Waals surface area contributed by atoms with Gasteiger partial charge in [0.25, 0.3) is 5.91 Å². The Labute approximate surface area is 55.7 Å². The highest BCUT2D eigenvalue weighted by Gasteiger charge is 2.49. The molecule has 1 aliphatic rings. The second-order valence-corrected chi connectivity index (χ2v) is 1.83. The number of carbonyl (C=O) groups excluding carboxylic acids is 1.